The summed E-state index contributed by atoms with van der Waals surface area (Å²) in [6, 6.07) is 19.5. The molecule has 0 radical (unpaired) electrons. The first-order chi connectivity index (χ1) is 9.36. The second-order valence-electron chi connectivity index (χ2n) is 3.80. The van der Waals surface area contributed by atoms with E-state index in [1.807, 2.05) is 60.7 Å². The van der Waals surface area contributed by atoms with Crippen molar-refractivity contribution in [1.82, 2.24) is 0 Å². The molecule has 1 N–H and O–H groups in total. The molecule has 2 aromatic rings. The zero-order valence-electron chi connectivity index (χ0n) is 11.2. The zero-order valence-corrected chi connectivity index (χ0v) is 11.2. The Kier molecular flexibility index (Phi) is 8.10. The molecule has 0 heterocycles. The second-order valence-corrected chi connectivity index (χ2v) is 3.80. The molecule has 0 spiro atoms. The number of benzene rings is 2. The highest BCUT2D eigenvalue weighted by Gasteiger charge is 1.92. The van der Waals surface area contributed by atoms with Crippen LogP contribution in [0.25, 0.3) is 0 Å². The van der Waals surface area contributed by atoms with E-state index in [4.69, 9.17) is 9.84 Å². The molecule has 3 nitrogen and oxygen atoms in total. The first-order valence-corrected chi connectivity index (χ1v) is 6.24. The van der Waals surface area contributed by atoms with E-state index >= 15 is 0 Å². The third-order valence-corrected chi connectivity index (χ3v) is 2.23. The number of aliphatic hydroxyl groups is 1. The Morgan fingerprint density at radius 1 is 0.842 bits per heavy atom. The molecule has 0 saturated carbocycles. The lowest BCUT2D eigenvalue weighted by Gasteiger charge is -2.03. The summed E-state index contributed by atoms with van der Waals surface area (Å²) >= 11 is 0. The Labute approximate surface area is 114 Å². The fourth-order valence-electron chi connectivity index (χ4n) is 1.32. The average molecular weight is 260 g/mol. The van der Waals surface area contributed by atoms with Gasteiger partial charge in [-0.3, -0.25) is 0 Å². The van der Waals surface area contributed by atoms with Crippen LogP contribution in [0.2, 0.25) is 0 Å². The Morgan fingerprint density at radius 3 is 1.63 bits per heavy atom. The topological polar surface area (TPSA) is 38.7 Å². The SMILES string of the molecule is COCCCO.c1ccc(Oc2ccccc2)cc1. The lowest BCUT2D eigenvalue weighted by molar-refractivity contribution is 0.166. The van der Waals surface area contributed by atoms with Crippen LogP contribution >= 0.6 is 0 Å². The summed E-state index contributed by atoms with van der Waals surface area (Å²) < 4.78 is 10.2. The molecule has 0 atom stereocenters. The van der Waals surface area contributed by atoms with Gasteiger partial charge >= 0.3 is 0 Å². The molecule has 2 rings (SSSR count). The number of aliphatic hydroxyl groups excluding tert-OH is 1. The van der Waals surface area contributed by atoms with Crippen molar-refractivity contribution in [3.8, 4) is 11.5 Å². The maximum absolute atomic E-state index is 8.12. The molecular formula is C16H20O3. The van der Waals surface area contributed by atoms with E-state index in [-0.39, 0.29) is 6.61 Å². The van der Waals surface area contributed by atoms with Crippen LogP contribution in [0.1, 0.15) is 6.42 Å². The summed E-state index contributed by atoms with van der Waals surface area (Å²) in [6.07, 6.45) is 0.747. The second kappa shape index (κ2) is 10.1. The average Bonchev–Trinajstić information content (AvgIpc) is 2.48. The first-order valence-electron chi connectivity index (χ1n) is 6.24. The number of para-hydroxylation sites is 2. The summed E-state index contributed by atoms with van der Waals surface area (Å²) in [7, 11) is 1.62. The van der Waals surface area contributed by atoms with Gasteiger partial charge in [0.05, 0.1) is 0 Å². The Balaban J connectivity index is 0.000000258. The molecule has 0 aliphatic heterocycles. The highest BCUT2D eigenvalue weighted by atomic mass is 16.5. The summed E-state index contributed by atoms with van der Waals surface area (Å²) in [5, 5.41) is 8.12. The predicted octanol–water partition coefficient (Wildman–Crippen LogP) is 3.49. The van der Waals surface area contributed by atoms with Crippen LogP contribution in [0.3, 0.4) is 0 Å². The fourth-order valence-corrected chi connectivity index (χ4v) is 1.32. The van der Waals surface area contributed by atoms with Crippen LogP contribution in [-0.4, -0.2) is 25.4 Å². The van der Waals surface area contributed by atoms with Crippen molar-refractivity contribution in [2.45, 2.75) is 6.42 Å². The number of hydrogen-bond acceptors (Lipinski definition) is 3. The van der Waals surface area contributed by atoms with Gasteiger partial charge < -0.3 is 14.6 Å². The van der Waals surface area contributed by atoms with Crippen LogP contribution in [0.15, 0.2) is 60.7 Å². The summed E-state index contributed by atoms with van der Waals surface area (Å²) in [4.78, 5) is 0. The normalized spacial score (nSPS) is 9.37. The summed E-state index contributed by atoms with van der Waals surface area (Å²) in [5.74, 6) is 1.74. The maximum atomic E-state index is 8.12. The summed E-state index contributed by atoms with van der Waals surface area (Å²) in [5.41, 5.74) is 0. The molecular weight excluding hydrogens is 240 g/mol. The van der Waals surface area contributed by atoms with Crippen LogP contribution in [0, 0.1) is 0 Å². The Bertz CT molecular complexity index is 373. The van der Waals surface area contributed by atoms with E-state index in [0.29, 0.717) is 6.61 Å². The molecule has 19 heavy (non-hydrogen) atoms. The van der Waals surface area contributed by atoms with Crippen LogP contribution < -0.4 is 4.74 Å². The van der Waals surface area contributed by atoms with E-state index in [0.717, 1.165) is 17.9 Å². The fraction of sp³-hybridized carbons (Fsp3) is 0.250. The van der Waals surface area contributed by atoms with Crippen LogP contribution in [-0.2, 0) is 4.74 Å². The van der Waals surface area contributed by atoms with Gasteiger partial charge in [0.25, 0.3) is 0 Å². The number of methoxy groups -OCH3 is 1. The highest BCUT2D eigenvalue weighted by Crippen LogP contribution is 2.19. The lowest BCUT2D eigenvalue weighted by atomic mass is 10.3. The first kappa shape index (κ1) is 15.2. The van der Waals surface area contributed by atoms with Gasteiger partial charge in [-0.25, -0.2) is 0 Å². The smallest absolute Gasteiger partial charge is 0.127 e. The van der Waals surface area contributed by atoms with Gasteiger partial charge in [-0.2, -0.15) is 0 Å². The Morgan fingerprint density at radius 2 is 1.32 bits per heavy atom. The van der Waals surface area contributed by atoms with Gasteiger partial charge in [-0.15, -0.1) is 0 Å². The van der Waals surface area contributed by atoms with Gasteiger partial charge in [0, 0.05) is 20.3 Å². The highest BCUT2D eigenvalue weighted by molar-refractivity contribution is 5.30. The third-order valence-electron chi connectivity index (χ3n) is 2.23. The number of rotatable bonds is 5. The monoisotopic (exact) mass is 260 g/mol. The molecule has 102 valence electrons. The molecule has 2 aromatic carbocycles. The molecule has 0 amide bonds. The van der Waals surface area contributed by atoms with Crippen molar-refractivity contribution in [2.24, 2.45) is 0 Å². The van der Waals surface area contributed by atoms with Crippen molar-refractivity contribution in [3.63, 3.8) is 0 Å². The maximum Gasteiger partial charge on any atom is 0.127 e. The molecule has 0 aromatic heterocycles. The van der Waals surface area contributed by atoms with E-state index in [1.54, 1.807) is 7.11 Å². The van der Waals surface area contributed by atoms with Crippen molar-refractivity contribution in [3.05, 3.63) is 60.7 Å². The van der Waals surface area contributed by atoms with Crippen molar-refractivity contribution in [1.29, 1.82) is 0 Å². The van der Waals surface area contributed by atoms with Gasteiger partial charge in [0.15, 0.2) is 0 Å². The van der Waals surface area contributed by atoms with Crippen molar-refractivity contribution in [2.75, 3.05) is 20.3 Å². The minimum absolute atomic E-state index is 0.230. The van der Waals surface area contributed by atoms with Gasteiger partial charge in [-0.05, 0) is 30.7 Å². The van der Waals surface area contributed by atoms with E-state index in [2.05, 4.69) is 4.74 Å². The molecule has 0 unspecified atom stereocenters. The van der Waals surface area contributed by atoms with E-state index in [1.165, 1.54) is 0 Å². The molecule has 0 fully saturated rings. The standard InChI is InChI=1S/C12H10O.C4H10O2/c1-3-7-11(8-4-1)13-12-9-5-2-6-10-12;1-6-4-2-3-5/h1-10H;5H,2-4H2,1H3. The van der Waals surface area contributed by atoms with Crippen molar-refractivity contribution >= 4 is 0 Å². The van der Waals surface area contributed by atoms with E-state index in [9.17, 15) is 0 Å². The summed E-state index contributed by atoms with van der Waals surface area (Å²) in [6.45, 7) is 0.893. The molecule has 0 saturated heterocycles. The molecule has 0 aliphatic rings. The quantitative estimate of drug-likeness (QED) is 0.836. The number of hydrogen-bond donors (Lipinski definition) is 1. The van der Waals surface area contributed by atoms with Crippen LogP contribution in [0.4, 0.5) is 0 Å². The third kappa shape index (κ3) is 7.24. The van der Waals surface area contributed by atoms with Crippen LogP contribution in [0.5, 0.6) is 11.5 Å². The lowest BCUT2D eigenvalue weighted by Crippen LogP contribution is -1.90. The van der Waals surface area contributed by atoms with Gasteiger partial charge in [0.2, 0.25) is 0 Å². The van der Waals surface area contributed by atoms with Gasteiger partial charge in [-0.1, -0.05) is 36.4 Å². The number of ether oxygens (including phenoxy) is 2. The molecule has 3 heteroatoms. The zero-order chi connectivity index (χ0) is 13.8. The minimum atomic E-state index is 0.230. The molecule has 0 bridgehead atoms. The Hall–Kier alpha value is -1.84. The van der Waals surface area contributed by atoms with E-state index < -0.39 is 0 Å². The molecule has 0 aliphatic carbocycles. The largest absolute Gasteiger partial charge is 0.457 e. The minimum Gasteiger partial charge on any atom is -0.457 e. The van der Waals surface area contributed by atoms with Crippen molar-refractivity contribution < 1.29 is 14.6 Å². The van der Waals surface area contributed by atoms with Gasteiger partial charge in [0.1, 0.15) is 11.5 Å². The predicted molar refractivity (Wildman–Crippen MR) is 76.5 cm³/mol.